The lowest BCUT2D eigenvalue weighted by atomic mass is 9.79. The molecule has 1 N–H and O–H groups in total. The molecule has 0 radical (unpaired) electrons. The Kier molecular flexibility index (Phi) is 6.84. The molecule has 1 saturated carbocycles. The Bertz CT molecular complexity index is 786. The number of ether oxygens (including phenoxy) is 1. The van der Waals surface area contributed by atoms with E-state index in [1.54, 1.807) is 0 Å². The van der Waals surface area contributed by atoms with E-state index in [1.165, 1.54) is 31.0 Å². The number of carbonyl (C=O) groups is 1. The molecule has 29 heavy (non-hydrogen) atoms. The van der Waals surface area contributed by atoms with E-state index in [9.17, 15) is 4.79 Å². The minimum absolute atomic E-state index is 0.00710. The summed E-state index contributed by atoms with van der Waals surface area (Å²) in [6.07, 6.45) is 6.03. The van der Waals surface area contributed by atoms with Crippen LogP contribution in [-0.4, -0.2) is 65.1 Å². The first-order valence-electron chi connectivity index (χ1n) is 10.4. The van der Waals surface area contributed by atoms with Gasteiger partial charge in [-0.25, -0.2) is 0 Å². The van der Waals surface area contributed by atoms with Crippen molar-refractivity contribution >= 4 is 17.7 Å². The normalized spacial score (nSPS) is 19.7. The summed E-state index contributed by atoms with van der Waals surface area (Å²) < 4.78 is 11.2. The lowest BCUT2D eigenvalue weighted by molar-refractivity contribution is -0.119. The summed E-state index contributed by atoms with van der Waals surface area (Å²) in [6.45, 7) is 4.17. The highest BCUT2D eigenvalue weighted by atomic mass is 32.2. The number of amides is 1. The number of benzene rings is 1. The first-order valence-corrected chi connectivity index (χ1v) is 11.3. The molecular formula is C21H28N4O3S. The molecule has 1 saturated heterocycles. The molecule has 1 aliphatic heterocycles. The fourth-order valence-electron chi connectivity index (χ4n) is 4.26. The fourth-order valence-corrected chi connectivity index (χ4v) is 4.85. The molecule has 8 heteroatoms. The van der Waals surface area contributed by atoms with Crippen molar-refractivity contribution in [3.63, 3.8) is 0 Å². The van der Waals surface area contributed by atoms with Crippen molar-refractivity contribution in [2.45, 2.75) is 42.9 Å². The highest BCUT2D eigenvalue weighted by molar-refractivity contribution is 7.99. The Labute approximate surface area is 175 Å². The van der Waals surface area contributed by atoms with Crippen LogP contribution in [0.5, 0.6) is 0 Å². The zero-order chi connectivity index (χ0) is 19.9. The van der Waals surface area contributed by atoms with Crippen molar-refractivity contribution < 1.29 is 13.9 Å². The maximum Gasteiger partial charge on any atom is 0.277 e. The smallest absolute Gasteiger partial charge is 0.277 e. The summed E-state index contributed by atoms with van der Waals surface area (Å²) in [5.41, 5.74) is 0.953. The molecule has 1 aromatic heterocycles. The van der Waals surface area contributed by atoms with Crippen molar-refractivity contribution in [3.05, 3.63) is 30.3 Å². The fraction of sp³-hybridized carbons (Fsp3) is 0.571. The summed E-state index contributed by atoms with van der Waals surface area (Å²) >= 11 is 1.28. The van der Waals surface area contributed by atoms with Gasteiger partial charge in [-0.1, -0.05) is 49.2 Å². The Balaban J connectivity index is 1.29. The molecule has 2 heterocycles. The third-order valence-electron chi connectivity index (χ3n) is 5.83. The molecule has 7 nitrogen and oxygen atoms in total. The van der Waals surface area contributed by atoms with Gasteiger partial charge in [0.05, 0.1) is 19.0 Å². The van der Waals surface area contributed by atoms with Crippen LogP contribution >= 0.6 is 11.8 Å². The van der Waals surface area contributed by atoms with Gasteiger partial charge in [0.1, 0.15) is 0 Å². The van der Waals surface area contributed by atoms with Crippen molar-refractivity contribution in [2.24, 2.45) is 0 Å². The number of hydrogen-bond acceptors (Lipinski definition) is 7. The molecule has 1 aliphatic carbocycles. The van der Waals surface area contributed by atoms with Crippen molar-refractivity contribution in [2.75, 3.05) is 38.6 Å². The van der Waals surface area contributed by atoms with Gasteiger partial charge in [-0.2, -0.15) is 0 Å². The molecule has 1 aromatic carbocycles. The predicted molar refractivity (Wildman–Crippen MR) is 112 cm³/mol. The van der Waals surface area contributed by atoms with Crippen LogP contribution in [0.2, 0.25) is 0 Å². The Morgan fingerprint density at radius 3 is 2.62 bits per heavy atom. The first kappa shape index (κ1) is 20.4. The van der Waals surface area contributed by atoms with Gasteiger partial charge in [-0.15, -0.1) is 10.2 Å². The van der Waals surface area contributed by atoms with E-state index in [0.717, 1.165) is 44.7 Å². The van der Waals surface area contributed by atoms with Gasteiger partial charge in [0.25, 0.3) is 5.22 Å². The van der Waals surface area contributed by atoms with Gasteiger partial charge in [-0.3, -0.25) is 9.69 Å². The van der Waals surface area contributed by atoms with E-state index in [1.807, 2.05) is 30.3 Å². The van der Waals surface area contributed by atoms with Gasteiger partial charge < -0.3 is 14.5 Å². The second kappa shape index (κ2) is 9.73. The molecule has 0 atom stereocenters. The average molecular weight is 417 g/mol. The standard InChI is InChI=1S/C21H28N4O3S/c26-18(15-29-20-24-23-19(28-20)17-7-3-1-4-8-17)22-16-21(9-5-2-6-10-21)25-11-13-27-14-12-25/h1,3-4,7-8H,2,5-6,9-16H2,(H,22,26). The minimum atomic E-state index is 0.00710. The number of nitrogens with one attached hydrogen (secondary N) is 1. The van der Waals surface area contributed by atoms with E-state index in [0.29, 0.717) is 17.7 Å². The van der Waals surface area contributed by atoms with Gasteiger partial charge >= 0.3 is 0 Å². The molecular weight excluding hydrogens is 388 g/mol. The maximum absolute atomic E-state index is 12.5. The SMILES string of the molecule is O=C(CSc1nnc(-c2ccccc2)o1)NCC1(N2CCOCC2)CCCCC1. The van der Waals surface area contributed by atoms with E-state index in [-0.39, 0.29) is 17.2 Å². The third-order valence-corrected chi connectivity index (χ3v) is 6.65. The second-order valence-corrected chi connectivity index (χ2v) is 8.62. The first-order chi connectivity index (χ1) is 14.3. The van der Waals surface area contributed by atoms with Crippen LogP contribution in [0.4, 0.5) is 0 Å². The van der Waals surface area contributed by atoms with E-state index in [2.05, 4.69) is 20.4 Å². The number of carbonyl (C=O) groups excluding carboxylic acids is 1. The highest BCUT2D eigenvalue weighted by Gasteiger charge is 2.38. The van der Waals surface area contributed by atoms with E-state index < -0.39 is 0 Å². The monoisotopic (exact) mass is 416 g/mol. The number of morpholine rings is 1. The molecule has 2 aliphatic rings. The summed E-state index contributed by atoms with van der Waals surface area (Å²) in [4.78, 5) is 15.0. The molecule has 2 fully saturated rings. The lowest BCUT2D eigenvalue weighted by Crippen LogP contribution is -2.59. The number of aromatic nitrogens is 2. The third kappa shape index (κ3) is 5.18. The molecule has 4 rings (SSSR count). The predicted octanol–water partition coefficient (Wildman–Crippen LogP) is 2.98. The maximum atomic E-state index is 12.5. The number of nitrogens with zero attached hydrogens (tertiary/aromatic N) is 3. The Morgan fingerprint density at radius 2 is 1.86 bits per heavy atom. The zero-order valence-electron chi connectivity index (χ0n) is 16.6. The minimum Gasteiger partial charge on any atom is -0.411 e. The number of rotatable bonds is 7. The molecule has 0 unspecified atom stereocenters. The second-order valence-electron chi connectivity index (χ2n) is 7.69. The van der Waals surface area contributed by atoms with Crippen LogP contribution in [0.25, 0.3) is 11.5 Å². The van der Waals surface area contributed by atoms with E-state index in [4.69, 9.17) is 9.15 Å². The van der Waals surface area contributed by atoms with Crippen LogP contribution in [0, 0.1) is 0 Å². The van der Waals surface area contributed by atoms with Crippen molar-refractivity contribution in [3.8, 4) is 11.5 Å². The van der Waals surface area contributed by atoms with E-state index >= 15 is 0 Å². The molecule has 2 aromatic rings. The van der Waals surface area contributed by atoms with Gasteiger partial charge in [-0.05, 0) is 25.0 Å². The molecule has 0 bridgehead atoms. The van der Waals surface area contributed by atoms with Crippen LogP contribution in [-0.2, 0) is 9.53 Å². The number of thioether (sulfide) groups is 1. The van der Waals surface area contributed by atoms with Crippen LogP contribution < -0.4 is 5.32 Å². The lowest BCUT2D eigenvalue weighted by Gasteiger charge is -2.48. The quantitative estimate of drug-likeness (QED) is 0.695. The van der Waals surface area contributed by atoms with Gasteiger partial charge in [0.15, 0.2) is 0 Å². The van der Waals surface area contributed by atoms with Gasteiger partial charge in [0, 0.05) is 30.7 Å². The topological polar surface area (TPSA) is 80.5 Å². The zero-order valence-corrected chi connectivity index (χ0v) is 17.5. The average Bonchev–Trinajstić information content (AvgIpc) is 3.27. The van der Waals surface area contributed by atoms with Crippen LogP contribution in [0.3, 0.4) is 0 Å². The molecule has 156 valence electrons. The summed E-state index contributed by atoms with van der Waals surface area (Å²) in [5, 5.41) is 11.7. The van der Waals surface area contributed by atoms with Crippen LogP contribution in [0.1, 0.15) is 32.1 Å². The Hall–Kier alpha value is -1.90. The number of hydrogen-bond donors (Lipinski definition) is 1. The molecule has 1 amide bonds. The summed E-state index contributed by atoms with van der Waals surface area (Å²) in [5.74, 6) is 0.755. The highest BCUT2D eigenvalue weighted by Crippen LogP contribution is 2.34. The molecule has 0 spiro atoms. The van der Waals surface area contributed by atoms with Gasteiger partial charge in [0.2, 0.25) is 11.8 Å². The van der Waals surface area contributed by atoms with Crippen LogP contribution in [0.15, 0.2) is 40.0 Å². The Morgan fingerprint density at radius 1 is 1.10 bits per heavy atom. The van der Waals surface area contributed by atoms with Crippen molar-refractivity contribution in [1.29, 1.82) is 0 Å². The summed E-state index contributed by atoms with van der Waals surface area (Å²) in [6, 6.07) is 9.63. The summed E-state index contributed by atoms with van der Waals surface area (Å²) in [7, 11) is 0. The largest absolute Gasteiger partial charge is 0.411 e. The van der Waals surface area contributed by atoms with Crippen molar-refractivity contribution in [1.82, 2.24) is 20.4 Å².